The fourth-order valence-electron chi connectivity index (χ4n) is 3.75. The monoisotopic (exact) mass is 393 g/mol. The van der Waals surface area contributed by atoms with Crippen molar-refractivity contribution in [3.8, 4) is 0 Å². The molecule has 0 radical (unpaired) electrons. The second-order valence-electron chi connectivity index (χ2n) is 7.11. The summed E-state index contributed by atoms with van der Waals surface area (Å²) in [5, 5.41) is 11.1. The number of carboxylic acid groups (broad SMARTS) is 1. The number of likely N-dealkylation sites (N-methyl/N-ethyl adjacent to an activating group) is 1. The van der Waals surface area contributed by atoms with Crippen LogP contribution in [0, 0.1) is 0 Å². The summed E-state index contributed by atoms with van der Waals surface area (Å²) < 4.78 is 39.2. The maximum absolute atomic E-state index is 13.1. The van der Waals surface area contributed by atoms with E-state index in [0.717, 1.165) is 45.1 Å². The van der Waals surface area contributed by atoms with Crippen LogP contribution in [-0.2, 0) is 6.18 Å². The third-order valence-corrected chi connectivity index (χ3v) is 5.36. The molecule has 2 heterocycles. The molecule has 2 fully saturated rings. The summed E-state index contributed by atoms with van der Waals surface area (Å²) in [4.78, 5) is 17.7. The molecule has 27 heavy (non-hydrogen) atoms. The molecule has 0 amide bonds. The Balaban J connectivity index is 0.00000261. The first-order valence-electron chi connectivity index (χ1n) is 8.85. The van der Waals surface area contributed by atoms with E-state index in [2.05, 4.69) is 16.8 Å². The number of hydrogen-bond acceptors (Lipinski definition) is 5. The number of piperazine rings is 1. The van der Waals surface area contributed by atoms with Crippen LogP contribution in [0.2, 0.25) is 0 Å². The van der Waals surface area contributed by atoms with E-state index in [1.165, 1.54) is 6.07 Å². The van der Waals surface area contributed by atoms with Gasteiger partial charge in [0, 0.05) is 51.0 Å². The Hall–Kier alpha value is -0.800. The first kappa shape index (κ1) is 22.5. The molecular weight excluding hydrogens is 370 g/mol. The van der Waals surface area contributed by atoms with E-state index < -0.39 is 23.3 Å². The summed E-state index contributed by atoms with van der Waals surface area (Å²) in [5.74, 6) is -1.59. The van der Waals surface area contributed by atoms with Gasteiger partial charge < -0.3 is 19.7 Å². The van der Waals surface area contributed by atoms with Crippen molar-refractivity contribution in [2.75, 3.05) is 51.2 Å². The number of rotatable bonds is 3. The number of carbonyl (C=O) groups excluding carboxylic acids is 1. The summed E-state index contributed by atoms with van der Waals surface area (Å²) in [6.45, 7) is 5.32. The molecule has 9 heteroatoms. The average molecular weight is 393 g/mol. The first-order chi connectivity index (χ1) is 12.2. The standard InChI is InChI=1S/C18H24F3N3O2.Na/c1-22-6-8-24(9-7-22)15-2-4-23(5-3-15)16-11-13(17(25)26)10-14(12-16)18(19,20)21;/h10-12,15H,2-9H2,1H3,(H,25,26);/q;+1/p-1. The minimum absolute atomic E-state index is 0. The van der Waals surface area contributed by atoms with Gasteiger partial charge in [-0.1, -0.05) is 0 Å². The van der Waals surface area contributed by atoms with Gasteiger partial charge in [0.1, 0.15) is 0 Å². The second-order valence-corrected chi connectivity index (χ2v) is 7.11. The maximum Gasteiger partial charge on any atom is 1.00 e. The molecule has 2 aliphatic rings. The van der Waals surface area contributed by atoms with Crippen molar-refractivity contribution in [1.82, 2.24) is 9.80 Å². The van der Waals surface area contributed by atoms with Crippen molar-refractivity contribution in [3.63, 3.8) is 0 Å². The van der Waals surface area contributed by atoms with Gasteiger partial charge in [-0.15, -0.1) is 0 Å². The Kier molecular flexibility index (Phi) is 7.61. The predicted octanol–water partition coefficient (Wildman–Crippen LogP) is -1.71. The van der Waals surface area contributed by atoms with Gasteiger partial charge >= 0.3 is 35.7 Å². The summed E-state index contributed by atoms with van der Waals surface area (Å²) in [6.07, 6.45) is -2.86. The fourth-order valence-corrected chi connectivity index (χ4v) is 3.75. The van der Waals surface area contributed by atoms with Gasteiger partial charge in [-0.05, 0) is 43.7 Å². The van der Waals surface area contributed by atoms with E-state index in [9.17, 15) is 23.1 Å². The normalized spacial score (nSPS) is 20.4. The first-order valence-corrected chi connectivity index (χ1v) is 8.85. The minimum Gasteiger partial charge on any atom is -0.545 e. The fraction of sp³-hybridized carbons (Fsp3) is 0.611. The van der Waals surface area contributed by atoms with Crippen molar-refractivity contribution in [3.05, 3.63) is 29.3 Å². The van der Waals surface area contributed by atoms with E-state index in [1.807, 2.05) is 4.90 Å². The molecule has 0 saturated carbocycles. The van der Waals surface area contributed by atoms with Crippen LogP contribution in [0.25, 0.3) is 0 Å². The molecule has 0 aliphatic carbocycles. The van der Waals surface area contributed by atoms with Crippen molar-refractivity contribution in [2.45, 2.75) is 25.1 Å². The smallest absolute Gasteiger partial charge is 0.545 e. The van der Waals surface area contributed by atoms with Crippen molar-refractivity contribution in [1.29, 1.82) is 0 Å². The molecule has 0 bridgehead atoms. The van der Waals surface area contributed by atoms with E-state index >= 15 is 0 Å². The number of alkyl halides is 3. The zero-order chi connectivity index (χ0) is 18.9. The third kappa shape index (κ3) is 5.60. The predicted molar refractivity (Wildman–Crippen MR) is 90.1 cm³/mol. The van der Waals surface area contributed by atoms with Crippen LogP contribution in [0.1, 0.15) is 28.8 Å². The number of aromatic carboxylic acids is 1. The van der Waals surface area contributed by atoms with Crippen molar-refractivity contribution >= 4 is 11.7 Å². The number of carboxylic acids is 1. The zero-order valence-electron chi connectivity index (χ0n) is 15.8. The SMILES string of the molecule is CN1CCN(C2CCN(c3cc(C(=O)[O-])cc(C(F)(F)F)c3)CC2)CC1.[Na+]. The largest absolute Gasteiger partial charge is 1.00 e. The molecule has 1 aromatic rings. The van der Waals surface area contributed by atoms with Crippen LogP contribution < -0.4 is 39.6 Å². The van der Waals surface area contributed by atoms with Gasteiger partial charge in [0.2, 0.25) is 0 Å². The molecule has 0 atom stereocenters. The molecular formula is C18H23F3N3NaO2. The van der Waals surface area contributed by atoms with Gasteiger partial charge in [-0.3, -0.25) is 4.90 Å². The molecule has 0 N–H and O–H groups in total. The van der Waals surface area contributed by atoms with Crippen LogP contribution in [0.3, 0.4) is 0 Å². The van der Waals surface area contributed by atoms with Crippen LogP contribution in [0.4, 0.5) is 18.9 Å². The number of carbonyl (C=O) groups is 1. The quantitative estimate of drug-likeness (QED) is 0.573. The summed E-state index contributed by atoms with van der Waals surface area (Å²) in [6, 6.07) is 3.38. The molecule has 144 valence electrons. The van der Waals surface area contributed by atoms with E-state index in [4.69, 9.17) is 0 Å². The number of anilines is 1. The number of halogens is 3. The van der Waals surface area contributed by atoms with Gasteiger partial charge in [0.25, 0.3) is 0 Å². The summed E-state index contributed by atoms with van der Waals surface area (Å²) in [7, 11) is 2.10. The molecule has 0 spiro atoms. The van der Waals surface area contributed by atoms with Crippen LogP contribution in [-0.4, -0.2) is 68.1 Å². The van der Waals surface area contributed by atoms with Crippen molar-refractivity contribution < 1.29 is 52.6 Å². The molecule has 1 aromatic carbocycles. The van der Waals surface area contributed by atoms with E-state index in [-0.39, 0.29) is 29.6 Å². The Morgan fingerprint density at radius 1 is 1.04 bits per heavy atom. The number of hydrogen-bond donors (Lipinski definition) is 0. The molecule has 2 aliphatic heterocycles. The van der Waals surface area contributed by atoms with Gasteiger partial charge in [0.15, 0.2) is 0 Å². The summed E-state index contributed by atoms with van der Waals surface area (Å²) >= 11 is 0. The molecule has 0 unspecified atom stereocenters. The van der Waals surface area contributed by atoms with Crippen LogP contribution in [0.15, 0.2) is 18.2 Å². The van der Waals surface area contributed by atoms with Crippen LogP contribution >= 0.6 is 0 Å². The minimum atomic E-state index is -4.58. The molecule has 0 aromatic heterocycles. The van der Waals surface area contributed by atoms with Crippen molar-refractivity contribution in [2.24, 2.45) is 0 Å². The zero-order valence-corrected chi connectivity index (χ0v) is 17.8. The van der Waals surface area contributed by atoms with E-state index in [1.54, 1.807) is 0 Å². The number of piperidine rings is 1. The third-order valence-electron chi connectivity index (χ3n) is 5.36. The Morgan fingerprint density at radius 2 is 1.63 bits per heavy atom. The number of benzene rings is 1. The van der Waals surface area contributed by atoms with Gasteiger partial charge in [0.05, 0.1) is 11.5 Å². The molecule has 5 nitrogen and oxygen atoms in total. The average Bonchev–Trinajstić information content (AvgIpc) is 2.61. The molecule has 2 saturated heterocycles. The second kappa shape index (κ2) is 9.13. The van der Waals surface area contributed by atoms with Gasteiger partial charge in [-0.25, -0.2) is 0 Å². The Bertz CT molecular complexity index is 656. The number of nitrogens with zero attached hydrogens (tertiary/aromatic N) is 3. The molecule has 3 rings (SSSR count). The Labute approximate surface area is 179 Å². The maximum atomic E-state index is 13.1. The van der Waals surface area contributed by atoms with E-state index in [0.29, 0.717) is 30.9 Å². The van der Waals surface area contributed by atoms with Crippen LogP contribution in [0.5, 0.6) is 0 Å². The Morgan fingerprint density at radius 3 is 2.15 bits per heavy atom. The summed E-state index contributed by atoms with van der Waals surface area (Å²) in [5.41, 5.74) is -1.08. The topological polar surface area (TPSA) is 49.8 Å². The van der Waals surface area contributed by atoms with Gasteiger partial charge in [-0.2, -0.15) is 13.2 Å².